The summed E-state index contributed by atoms with van der Waals surface area (Å²) in [7, 11) is 0. The quantitative estimate of drug-likeness (QED) is 0.822. The van der Waals surface area contributed by atoms with E-state index >= 15 is 0 Å². The van der Waals surface area contributed by atoms with Gasteiger partial charge in [0.05, 0.1) is 12.3 Å². The maximum absolute atomic E-state index is 13.7. The molecule has 82 valence electrons. The first-order valence-corrected chi connectivity index (χ1v) is 5.42. The summed E-state index contributed by atoms with van der Waals surface area (Å²) in [6, 6.07) is 5.35. The smallest absolute Gasteiger partial charge is 0.146 e. The molecule has 0 unspecified atom stereocenters. The lowest BCUT2D eigenvalue weighted by Gasteiger charge is -2.25. The molecule has 0 atom stereocenters. The van der Waals surface area contributed by atoms with E-state index in [2.05, 4.69) is 4.90 Å². The summed E-state index contributed by atoms with van der Waals surface area (Å²) >= 11 is 0. The van der Waals surface area contributed by atoms with Crippen LogP contribution in [0.15, 0.2) is 18.2 Å². The molecule has 1 aliphatic carbocycles. The molecule has 0 bridgehead atoms. The molecular formula is C12H16FNO. The van der Waals surface area contributed by atoms with Gasteiger partial charge in [0.2, 0.25) is 0 Å². The normalized spacial score (nSPS) is 15.4. The van der Waals surface area contributed by atoms with Gasteiger partial charge in [0.25, 0.3) is 0 Å². The predicted molar refractivity (Wildman–Crippen MR) is 58.4 cm³/mol. The van der Waals surface area contributed by atoms with E-state index in [-0.39, 0.29) is 12.4 Å². The van der Waals surface area contributed by atoms with E-state index in [1.54, 1.807) is 12.1 Å². The maximum atomic E-state index is 13.7. The van der Waals surface area contributed by atoms with Gasteiger partial charge in [-0.1, -0.05) is 12.1 Å². The Morgan fingerprint density at radius 2 is 2.20 bits per heavy atom. The minimum atomic E-state index is -0.227. The number of benzene rings is 1. The Bertz CT molecular complexity index is 349. The number of anilines is 1. The van der Waals surface area contributed by atoms with Crippen LogP contribution in [0.2, 0.25) is 0 Å². The van der Waals surface area contributed by atoms with Crippen LogP contribution in [-0.2, 0) is 6.61 Å². The van der Waals surface area contributed by atoms with Gasteiger partial charge < -0.3 is 10.0 Å². The third-order valence-corrected chi connectivity index (χ3v) is 2.86. The topological polar surface area (TPSA) is 23.5 Å². The minimum Gasteiger partial charge on any atom is -0.392 e. The zero-order valence-corrected chi connectivity index (χ0v) is 8.91. The second kappa shape index (κ2) is 4.19. The van der Waals surface area contributed by atoms with Gasteiger partial charge in [0, 0.05) is 18.2 Å². The Balaban J connectivity index is 2.38. The molecule has 0 aliphatic heterocycles. The summed E-state index contributed by atoms with van der Waals surface area (Å²) in [5.41, 5.74) is 1.27. The van der Waals surface area contributed by atoms with Crippen LogP contribution < -0.4 is 4.90 Å². The van der Waals surface area contributed by atoms with Crippen molar-refractivity contribution in [2.45, 2.75) is 32.4 Å². The molecule has 0 amide bonds. The fourth-order valence-electron chi connectivity index (χ4n) is 1.99. The lowest BCUT2D eigenvalue weighted by molar-refractivity contribution is 0.281. The van der Waals surface area contributed by atoms with Gasteiger partial charge in [-0.15, -0.1) is 0 Å². The summed E-state index contributed by atoms with van der Waals surface area (Å²) in [4.78, 5) is 2.06. The summed E-state index contributed by atoms with van der Waals surface area (Å²) in [5, 5.41) is 9.20. The van der Waals surface area contributed by atoms with Crippen LogP contribution in [0.1, 0.15) is 25.3 Å². The molecule has 1 aromatic rings. The molecule has 2 nitrogen and oxygen atoms in total. The van der Waals surface area contributed by atoms with Crippen molar-refractivity contribution in [1.29, 1.82) is 0 Å². The van der Waals surface area contributed by atoms with Gasteiger partial charge in [0.1, 0.15) is 5.82 Å². The molecule has 15 heavy (non-hydrogen) atoms. The van der Waals surface area contributed by atoms with E-state index in [1.165, 1.54) is 6.07 Å². The SMILES string of the molecule is CCN(c1c(F)cccc1CO)C1CC1. The number of rotatable bonds is 4. The molecule has 3 heteroatoms. The summed E-state index contributed by atoms with van der Waals surface area (Å²) < 4.78 is 13.7. The van der Waals surface area contributed by atoms with Gasteiger partial charge in [0.15, 0.2) is 0 Å². The predicted octanol–water partition coefficient (Wildman–Crippen LogP) is 2.31. The monoisotopic (exact) mass is 209 g/mol. The minimum absolute atomic E-state index is 0.101. The van der Waals surface area contributed by atoms with E-state index in [4.69, 9.17) is 0 Å². The average Bonchev–Trinajstić information content (AvgIpc) is 3.05. The molecule has 0 spiro atoms. The summed E-state index contributed by atoms with van der Waals surface area (Å²) in [6.45, 7) is 2.71. The average molecular weight is 209 g/mol. The largest absolute Gasteiger partial charge is 0.392 e. The molecule has 2 rings (SSSR count). The fraction of sp³-hybridized carbons (Fsp3) is 0.500. The van der Waals surface area contributed by atoms with E-state index in [0.717, 1.165) is 19.4 Å². The Morgan fingerprint density at radius 3 is 2.73 bits per heavy atom. The van der Waals surface area contributed by atoms with Crippen LogP contribution in [0.3, 0.4) is 0 Å². The number of halogens is 1. The first kappa shape index (κ1) is 10.4. The van der Waals surface area contributed by atoms with Gasteiger partial charge in [-0.3, -0.25) is 0 Å². The van der Waals surface area contributed by atoms with Crippen LogP contribution in [0.25, 0.3) is 0 Å². The molecule has 1 N–H and O–H groups in total. The fourth-order valence-corrected chi connectivity index (χ4v) is 1.99. The van der Waals surface area contributed by atoms with E-state index in [1.807, 2.05) is 6.92 Å². The highest BCUT2D eigenvalue weighted by Crippen LogP contribution is 2.34. The number of hydrogen-bond acceptors (Lipinski definition) is 2. The van der Waals surface area contributed by atoms with Crippen molar-refractivity contribution in [3.63, 3.8) is 0 Å². The molecule has 1 aromatic carbocycles. The van der Waals surface area contributed by atoms with Gasteiger partial charge in [-0.2, -0.15) is 0 Å². The van der Waals surface area contributed by atoms with Gasteiger partial charge in [-0.25, -0.2) is 4.39 Å². The maximum Gasteiger partial charge on any atom is 0.146 e. The zero-order valence-electron chi connectivity index (χ0n) is 8.91. The van der Waals surface area contributed by atoms with Crippen molar-refractivity contribution in [1.82, 2.24) is 0 Å². The van der Waals surface area contributed by atoms with Crippen LogP contribution >= 0.6 is 0 Å². The van der Waals surface area contributed by atoms with Crippen molar-refractivity contribution in [3.05, 3.63) is 29.6 Å². The van der Waals surface area contributed by atoms with Crippen LogP contribution in [0.5, 0.6) is 0 Å². The molecule has 1 saturated carbocycles. The van der Waals surface area contributed by atoms with Crippen molar-refractivity contribution < 1.29 is 9.50 Å². The van der Waals surface area contributed by atoms with Crippen LogP contribution in [-0.4, -0.2) is 17.7 Å². The Labute approximate surface area is 89.3 Å². The highest BCUT2D eigenvalue weighted by atomic mass is 19.1. The lowest BCUT2D eigenvalue weighted by Crippen LogP contribution is -2.27. The Kier molecular flexibility index (Phi) is 2.91. The summed E-state index contributed by atoms with van der Waals surface area (Å²) in [5.74, 6) is -0.227. The molecule has 0 saturated heterocycles. The van der Waals surface area contributed by atoms with Crippen molar-refractivity contribution in [3.8, 4) is 0 Å². The first-order valence-electron chi connectivity index (χ1n) is 5.42. The zero-order chi connectivity index (χ0) is 10.8. The first-order chi connectivity index (χ1) is 7.27. The standard InChI is InChI=1S/C12H16FNO/c1-2-14(10-6-7-10)12-9(8-15)4-3-5-11(12)13/h3-5,10,15H,2,6-8H2,1H3. The number of para-hydroxylation sites is 1. The number of aliphatic hydroxyl groups is 1. The number of nitrogens with zero attached hydrogens (tertiary/aromatic N) is 1. The van der Waals surface area contributed by atoms with E-state index < -0.39 is 0 Å². The molecule has 0 aromatic heterocycles. The lowest BCUT2D eigenvalue weighted by atomic mass is 10.1. The van der Waals surface area contributed by atoms with Crippen LogP contribution in [0.4, 0.5) is 10.1 Å². The Morgan fingerprint density at radius 1 is 1.47 bits per heavy atom. The second-order valence-corrected chi connectivity index (χ2v) is 3.92. The van der Waals surface area contributed by atoms with Crippen molar-refractivity contribution >= 4 is 5.69 Å². The third-order valence-electron chi connectivity index (χ3n) is 2.86. The highest BCUT2D eigenvalue weighted by molar-refractivity contribution is 5.56. The molecule has 1 aliphatic rings. The molecule has 1 fully saturated rings. The van der Waals surface area contributed by atoms with Gasteiger partial charge in [-0.05, 0) is 25.8 Å². The number of hydrogen-bond donors (Lipinski definition) is 1. The van der Waals surface area contributed by atoms with E-state index in [0.29, 0.717) is 17.3 Å². The summed E-state index contributed by atoms with van der Waals surface area (Å²) in [6.07, 6.45) is 2.26. The molecule has 0 radical (unpaired) electrons. The van der Waals surface area contributed by atoms with Crippen molar-refractivity contribution in [2.24, 2.45) is 0 Å². The molecule has 0 heterocycles. The van der Waals surface area contributed by atoms with Gasteiger partial charge >= 0.3 is 0 Å². The van der Waals surface area contributed by atoms with Crippen LogP contribution in [0, 0.1) is 5.82 Å². The second-order valence-electron chi connectivity index (χ2n) is 3.92. The number of aliphatic hydroxyl groups excluding tert-OH is 1. The highest BCUT2D eigenvalue weighted by Gasteiger charge is 2.30. The third kappa shape index (κ3) is 1.97. The Hall–Kier alpha value is -1.09. The van der Waals surface area contributed by atoms with E-state index in [9.17, 15) is 9.50 Å². The van der Waals surface area contributed by atoms with Crippen molar-refractivity contribution in [2.75, 3.05) is 11.4 Å². The molecular weight excluding hydrogens is 193 g/mol.